The van der Waals surface area contributed by atoms with Gasteiger partial charge in [-0.3, -0.25) is 4.90 Å². The molecule has 0 radical (unpaired) electrons. The van der Waals surface area contributed by atoms with Gasteiger partial charge in [0.2, 0.25) is 0 Å². The Hall–Kier alpha value is 0.0300. The number of hydrogen-bond acceptors (Lipinski definition) is 3. The van der Waals surface area contributed by atoms with Crippen LogP contribution in [-0.4, -0.2) is 38.3 Å². The largest absolute Gasteiger partial charge is 0.466 e. The Bertz CT molecular complexity index is 257. The van der Waals surface area contributed by atoms with Gasteiger partial charge in [0.05, 0.1) is 5.66 Å². The number of piperidine rings is 1. The molecule has 0 saturated carbocycles. The molecule has 90 valence electrons. The van der Waals surface area contributed by atoms with Crippen LogP contribution in [0.5, 0.6) is 0 Å². The van der Waals surface area contributed by atoms with Crippen molar-refractivity contribution in [1.82, 2.24) is 4.90 Å². The normalized spacial score (nSPS) is 35.9. The van der Waals surface area contributed by atoms with E-state index in [1.807, 2.05) is 0 Å². The Morgan fingerprint density at radius 1 is 1.33 bits per heavy atom. The van der Waals surface area contributed by atoms with Crippen molar-refractivity contribution in [1.29, 1.82) is 0 Å². The maximum absolute atomic E-state index is 8.88. The molecule has 0 spiro atoms. The number of nitrogens with zero attached hydrogens (tertiary/aromatic N) is 1. The van der Waals surface area contributed by atoms with Crippen molar-refractivity contribution in [3.05, 3.63) is 0 Å². The van der Waals surface area contributed by atoms with Crippen LogP contribution in [0.1, 0.15) is 32.1 Å². The van der Waals surface area contributed by atoms with E-state index in [2.05, 4.69) is 11.9 Å². The zero-order valence-corrected chi connectivity index (χ0v) is 9.73. The molecule has 0 unspecified atom stereocenters. The first kappa shape index (κ1) is 13.1. The van der Waals surface area contributed by atoms with Gasteiger partial charge in [0, 0.05) is 6.04 Å². The minimum absolute atomic E-state index is 0.0862. The Labute approximate surface area is 89.3 Å². The number of fused-ring (bicyclic) bond motifs is 2. The first-order valence-corrected chi connectivity index (χ1v) is 6.59. The number of nitrogens with two attached hydrogens (primary N) is 1. The van der Waals surface area contributed by atoms with Crippen molar-refractivity contribution < 1.29 is 19.2 Å². The zero-order valence-electron chi connectivity index (χ0n) is 8.83. The van der Waals surface area contributed by atoms with Crippen LogP contribution >= 0.6 is 7.82 Å². The fourth-order valence-corrected chi connectivity index (χ4v) is 2.43. The lowest BCUT2D eigenvalue weighted by Crippen LogP contribution is -2.54. The lowest BCUT2D eigenvalue weighted by Gasteiger charge is -2.39. The first-order chi connectivity index (χ1) is 6.72. The van der Waals surface area contributed by atoms with Gasteiger partial charge < -0.3 is 20.4 Å². The van der Waals surface area contributed by atoms with Crippen molar-refractivity contribution in [3.63, 3.8) is 0 Å². The standard InChI is InChI=1S/C8H16N2.H3O4P/c1-10-7-3-2-5-8(10,9)6-4-7;1-5(2,3)4/h7H,2-6,9H2,1H3;(H3,1,2,3,4)/t7-,8+;/m1./s1. The summed E-state index contributed by atoms with van der Waals surface area (Å²) in [5.41, 5.74) is 6.26. The number of rotatable bonds is 0. The summed E-state index contributed by atoms with van der Waals surface area (Å²) >= 11 is 0. The van der Waals surface area contributed by atoms with E-state index in [9.17, 15) is 0 Å². The van der Waals surface area contributed by atoms with Crippen LogP contribution in [0, 0.1) is 0 Å². The third-order valence-electron chi connectivity index (χ3n) is 3.31. The highest BCUT2D eigenvalue weighted by Crippen LogP contribution is 2.38. The molecule has 7 heteroatoms. The molecule has 0 aliphatic carbocycles. The van der Waals surface area contributed by atoms with Crippen LogP contribution in [0.25, 0.3) is 0 Å². The van der Waals surface area contributed by atoms with Crippen LogP contribution in [-0.2, 0) is 4.57 Å². The minimum Gasteiger partial charge on any atom is -0.313 e. The third-order valence-corrected chi connectivity index (χ3v) is 3.31. The van der Waals surface area contributed by atoms with Crippen LogP contribution < -0.4 is 5.73 Å². The quantitative estimate of drug-likeness (QED) is 0.442. The molecule has 0 aromatic rings. The van der Waals surface area contributed by atoms with Crippen LogP contribution in [0.15, 0.2) is 0 Å². The number of hydrogen-bond donors (Lipinski definition) is 4. The highest BCUT2D eigenvalue weighted by molar-refractivity contribution is 7.45. The topological polar surface area (TPSA) is 107 Å². The Kier molecular flexibility index (Phi) is 3.92. The Balaban J connectivity index is 0.000000195. The summed E-state index contributed by atoms with van der Waals surface area (Å²) in [5, 5.41) is 0. The first-order valence-electron chi connectivity index (χ1n) is 5.02. The van der Waals surface area contributed by atoms with Crippen LogP contribution in [0.4, 0.5) is 0 Å². The summed E-state index contributed by atoms with van der Waals surface area (Å²) in [4.78, 5) is 23.9. The molecule has 6 nitrogen and oxygen atoms in total. The van der Waals surface area contributed by atoms with Gasteiger partial charge in [-0.1, -0.05) is 0 Å². The average Bonchev–Trinajstić information content (AvgIpc) is 2.28. The van der Waals surface area contributed by atoms with E-state index in [1.165, 1.54) is 32.1 Å². The predicted octanol–water partition coefficient (Wildman–Crippen LogP) is -0.00910. The van der Waals surface area contributed by atoms with Crippen LogP contribution in [0.3, 0.4) is 0 Å². The van der Waals surface area contributed by atoms with Gasteiger partial charge >= 0.3 is 7.82 Å². The van der Waals surface area contributed by atoms with E-state index in [-0.39, 0.29) is 5.66 Å². The van der Waals surface area contributed by atoms with Gasteiger partial charge in [-0.15, -0.1) is 0 Å². The van der Waals surface area contributed by atoms with Crippen molar-refractivity contribution in [2.75, 3.05) is 7.05 Å². The molecule has 15 heavy (non-hydrogen) atoms. The maximum atomic E-state index is 8.88. The molecule has 2 atom stereocenters. The van der Waals surface area contributed by atoms with Crippen molar-refractivity contribution in [2.24, 2.45) is 5.73 Å². The molecule has 5 N–H and O–H groups in total. The fraction of sp³-hybridized carbons (Fsp3) is 1.00. The second-order valence-electron chi connectivity index (χ2n) is 4.31. The molecule has 2 heterocycles. The zero-order chi connectivity index (χ0) is 11.7. The summed E-state index contributed by atoms with van der Waals surface area (Å²) < 4.78 is 8.88. The second kappa shape index (κ2) is 4.49. The second-order valence-corrected chi connectivity index (χ2v) is 5.34. The summed E-state index contributed by atoms with van der Waals surface area (Å²) in [6.07, 6.45) is 6.46. The Morgan fingerprint density at radius 2 is 1.87 bits per heavy atom. The molecule has 2 aliphatic rings. The maximum Gasteiger partial charge on any atom is 0.466 e. The molecule has 2 fully saturated rings. The summed E-state index contributed by atoms with van der Waals surface area (Å²) in [6, 6.07) is 0.804. The molecule has 2 saturated heterocycles. The van der Waals surface area contributed by atoms with Gasteiger partial charge in [0.15, 0.2) is 0 Å². The molecule has 2 bridgehead atoms. The monoisotopic (exact) mass is 238 g/mol. The van der Waals surface area contributed by atoms with E-state index in [0.717, 1.165) is 6.04 Å². The summed E-state index contributed by atoms with van der Waals surface area (Å²) in [7, 11) is -2.46. The molecule has 0 aromatic heterocycles. The Morgan fingerprint density at radius 3 is 2.27 bits per heavy atom. The molecule has 0 amide bonds. The molecule has 0 aromatic carbocycles. The van der Waals surface area contributed by atoms with E-state index in [1.54, 1.807) is 0 Å². The van der Waals surface area contributed by atoms with Crippen molar-refractivity contribution in [2.45, 2.75) is 43.8 Å². The van der Waals surface area contributed by atoms with E-state index < -0.39 is 7.82 Å². The van der Waals surface area contributed by atoms with Gasteiger partial charge in [-0.2, -0.15) is 0 Å². The van der Waals surface area contributed by atoms with E-state index >= 15 is 0 Å². The van der Waals surface area contributed by atoms with Crippen LogP contribution in [0.2, 0.25) is 0 Å². The average molecular weight is 238 g/mol. The third kappa shape index (κ3) is 3.83. The highest BCUT2D eigenvalue weighted by atomic mass is 31.2. The van der Waals surface area contributed by atoms with Gasteiger partial charge in [0.25, 0.3) is 0 Å². The molecular weight excluding hydrogens is 219 g/mol. The highest BCUT2D eigenvalue weighted by Gasteiger charge is 2.43. The van der Waals surface area contributed by atoms with Crippen molar-refractivity contribution >= 4 is 7.82 Å². The smallest absolute Gasteiger partial charge is 0.313 e. The van der Waals surface area contributed by atoms with E-state index in [0.29, 0.717) is 0 Å². The summed E-state index contributed by atoms with van der Waals surface area (Å²) in [6.45, 7) is 0. The lowest BCUT2D eigenvalue weighted by atomic mass is 9.99. The van der Waals surface area contributed by atoms with Crippen molar-refractivity contribution in [3.8, 4) is 0 Å². The summed E-state index contributed by atoms with van der Waals surface area (Å²) in [5.74, 6) is 0. The molecule has 2 aliphatic heterocycles. The molecule has 2 rings (SSSR count). The van der Waals surface area contributed by atoms with Gasteiger partial charge in [0.1, 0.15) is 0 Å². The lowest BCUT2D eigenvalue weighted by molar-refractivity contribution is 0.0878. The van der Waals surface area contributed by atoms with E-state index in [4.69, 9.17) is 25.0 Å². The van der Waals surface area contributed by atoms with Gasteiger partial charge in [-0.25, -0.2) is 4.57 Å². The SMILES string of the molecule is CN1[C@@H]2CCC[C@@]1(N)CC2.O=P(O)(O)O. The predicted molar refractivity (Wildman–Crippen MR) is 55.8 cm³/mol. The van der Waals surface area contributed by atoms with Gasteiger partial charge in [-0.05, 0) is 39.2 Å². The number of phosphoric acid groups is 1. The minimum atomic E-state index is -4.64. The molecular formula is C8H19N2O4P. The fourth-order valence-electron chi connectivity index (χ4n) is 2.43.